The Balaban J connectivity index is 1.62. The molecule has 0 radical (unpaired) electrons. The van der Waals surface area contributed by atoms with E-state index < -0.39 is 11.7 Å². The predicted molar refractivity (Wildman–Crippen MR) is 99.0 cm³/mol. The molecule has 0 atom stereocenters. The van der Waals surface area contributed by atoms with E-state index in [0.717, 1.165) is 12.1 Å². The van der Waals surface area contributed by atoms with Gasteiger partial charge in [-0.05, 0) is 36.5 Å². The topological polar surface area (TPSA) is 41.9 Å². The van der Waals surface area contributed by atoms with Crippen LogP contribution in [0.4, 0.5) is 29.1 Å². The SMILES string of the molecule is Fc1ccccc1Cn1ccc(NC(=S)Nc2cccc(C(F)(F)F)c2)n1. The lowest BCUT2D eigenvalue weighted by Gasteiger charge is -2.11. The van der Waals surface area contributed by atoms with Gasteiger partial charge in [0.05, 0.1) is 12.1 Å². The first kappa shape index (κ1) is 18.8. The molecule has 4 nitrogen and oxygen atoms in total. The first-order valence-electron chi connectivity index (χ1n) is 7.83. The molecular weight excluding hydrogens is 380 g/mol. The van der Waals surface area contributed by atoms with Crippen molar-refractivity contribution < 1.29 is 17.6 Å². The maximum absolute atomic E-state index is 13.7. The molecule has 0 aliphatic rings. The van der Waals surface area contributed by atoms with Gasteiger partial charge < -0.3 is 10.6 Å². The molecule has 0 saturated heterocycles. The zero-order valence-corrected chi connectivity index (χ0v) is 14.6. The minimum Gasteiger partial charge on any atom is -0.332 e. The number of hydrogen-bond donors (Lipinski definition) is 2. The van der Waals surface area contributed by atoms with Crippen molar-refractivity contribution >= 4 is 28.8 Å². The Hall–Kier alpha value is -2.94. The number of alkyl halides is 3. The number of anilines is 2. The van der Waals surface area contributed by atoms with Crippen LogP contribution < -0.4 is 10.6 Å². The zero-order chi connectivity index (χ0) is 19.4. The van der Waals surface area contributed by atoms with E-state index in [0.29, 0.717) is 11.4 Å². The first-order valence-corrected chi connectivity index (χ1v) is 8.24. The molecule has 0 aliphatic carbocycles. The second-order valence-corrected chi connectivity index (χ2v) is 6.06. The summed E-state index contributed by atoms with van der Waals surface area (Å²) in [5, 5.41) is 9.77. The number of benzene rings is 2. The standard InChI is InChI=1S/C18H14F4N4S/c19-15-7-2-1-4-12(15)11-26-9-8-16(25-26)24-17(27)23-14-6-3-5-13(10-14)18(20,21)22/h1-10H,11H2,(H2,23,24,25,27). The molecule has 2 aromatic carbocycles. The molecule has 0 unspecified atom stereocenters. The Morgan fingerprint density at radius 1 is 1.04 bits per heavy atom. The van der Waals surface area contributed by atoms with Gasteiger partial charge >= 0.3 is 6.18 Å². The van der Waals surface area contributed by atoms with E-state index >= 15 is 0 Å². The molecule has 3 rings (SSSR count). The molecule has 0 aliphatic heterocycles. The van der Waals surface area contributed by atoms with Crippen LogP contribution in [0.3, 0.4) is 0 Å². The van der Waals surface area contributed by atoms with Gasteiger partial charge in [0, 0.05) is 23.5 Å². The van der Waals surface area contributed by atoms with Gasteiger partial charge in [-0.25, -0.2) is 4.39 Å². The van der Waals surface area contributed by atoms with Crippen molar-refractivity contribution in [2.75, 3.05) is 10.6 Å². The third-order valence-electron chi connectivity index (χ3n) is 3.62. The second kappa shape index (κ2) is 7.75. The van der Waals surface area contributed by atoms with Crippen molar-refractivity contribution in [1.29, 1.82) is 0 Å². The fourth-order valence-corrected chi connectivity index (χ4v) is 2.59. The molecule has 1 heterocycles. The normalized spacial score (nSPS) is 11.3. The molecule has 0 saturated carbocycles. The summed E-state index contributed by atoms with van der Waals surface area (Å²) >= 11 is 5.10. The third kappa shape index (κ3) is 5.04. The molecule has 2 N–H and O–H groups in total. The number of thiocarbonyl (C=S) groups is 1. The van der Waals surface area contributed by atoms with Crippen molar-refractivity contribution in [1.82, 2.24) is 9.78 Å². The van der Waals surface area contributed by atoms with Crippen molar-refractivity contribution in [2.45, 2.75) is 12.7 Å². The Labute approximate surface area is 157 Å². The molecule has 0 fully saturated rings. The van der Waals surface area contributed by atoms with E-state index in [1.165, 1.54) is 22.9 Å². The van der Waals surface area contributed by atoms with Crippen molar-refractivity contribution in [2.24, 2.45) is 0 Å². The highest BCUT2D eigenvalue weighted by molar-refractivity contribution is 7.80. The molecule has 1 aromatic heterocycles. The number of nitrogens with one attached hydrogen (secondary N) is 2. The van der Waals surface area contributed by atoms with Gasteiger partial charge in [-0.1, -0.05) is 24.3 Å². The highest BCUT2D eigenvalue weighted by Gasteiger charge is 2.30. The van der Waals surface area contributed by atoms with E-state index in [1.807, 2.05) is 0 Å². The zero-order valence-electron chi connectivity index (χ0n) is 13.8. The second-order valence-electron chi connectivity index (χ2n) is 5.65. The van der Waals surface area contributed by atoms with Gasteiger partial charge in [-0.3, -0.25) is 4.68 Å². The van der Waals surface area contributed by atoms with Gasteiger partial charge in [0.25, 0.3) is 0 Å². The Morgan fingerprint density at radius 2 is 1.81 bits per heavy atom. The minimum atomic E-state index is -4.43. The van der Waals surface area contributed by atoms with E-state index in [-0.39, 0.29) is 23.2 Å². The van der Waals surface area contributed by atoms with Gasteiger partial charge in [0.15, 0.2) is 10.9 Å². The molecule has 0 amide bonds. The summed E-state index contributed by atoms with van der Waals surface area (Å²) in [4.78, 5) is 0. The van der Waals surface area contributed by atoms with E-state index in [4.69, 9.17) is 12.2 Å². The lowest BCUT2D eigenvalue weighted by Crippen LogP contribution is -2.20. The Kier molecular flexibility index (Phi) is 5.41. The summed E-state index contributed by atoms with van der Waals surface area (Å²) in [6, 6.07) is 12.7. The van der Waals surface area contributed by atoms with E-state index in [2.05, 4.69) is 15.7 Å². The van der Waals surface area contributed by atoms with Gasteiger partial charge in [0.2, 0.25) is 0 Å². The van der Waals surface area contributed by atoms with Gasteiger partial charge in [-0.15, -0.1) is 0 Å². The maximum atomic E-state index is 13.7. The number of rotatable bonds is 4. The summed E-state index contributed by atoms with van der Waals surface area (Å²) in [6.45, 7) is 0.238. The fraction of sp³-hybridized carbons (Fsp3) is 0.111. The van der Waals surface area contributed by atoms with E-state index in [1.54, 1.807) is 30.5 Å². The van der Waals surface area contributed by atoms with Crippen LogP contribution in [-0.4, -0.2) is 14.9 Å². The number of hydrogen-bond acceptors (Lipinski definition) is 2. The van der Waals surface area contributed by atoms with Gasteiger partial charge in [0.1, 0.15) is 5.82 Å². The third-order valence-corrected chi connectivity index (χ3v) is 3.82. The van der Waals surface area contributed by atoms with Crippen molar-refractivity contribution in [3.63, 3.8) is 0 Å². The predicted octanol–water partition coefficient (Wildman–Crippen LogP) is 4.90. The smallest absolute Gasteiger partial charge is 0.332 e. The van der Waals surface area contributed by atoms with Crippen LogP contribution in [0.1, 0.15) is 11.1 Å². The number of nitrogens with zero attached hydrogens (tertiary/aromatic N) is 2. The maximum Gasteiger partial charge on any atom is 0.416 e. The largest absolute Gasteiger partial charge is 0.416 e. The highest BCUT2D eigenvalue weighted by Crippen LogP contribution is 2.30. The first-order chi connectivity index (χ1) is 12.8. The van der Waals surface area contributed by atoms with E-state index in [9.17, 15) is 17.6 Å². The van der Waals surface area contributed by atoms with Crippen LogP contribution in [0.5, 0.6) is 0 Å². The van der Waals surface area contributed by atoms with Crippen LogP contribution in [0.2, 0.25) is 0 Å². The number of aromatic nitrogens is 2. The Morgan fingerprint density at radius 3 is 2.56 bits per heavy atom. The fourth-order valence-electron chi connectivity index (χ4n) is 2.37. The summed E-state index contributed by atoms with van der Waals surface area (Å²) in [6.07, 6.45) is -2.79. The highest BCUT2D eigenvalue weighted by atomic mass is 32.1. The molecule has 0 bridgehead atoms. The average Bonchev–Trinajstić information content (AvgIpc) is 3.03. The van der Waals surface area contributed by atoms with Crippen LogP contribution in [0, 0.1) is 5.82 Å². The van der Waals surface area contributed by atoms with Crippen molar-refractivity contribution in [3.05, 3.63) is 77.7 Å². The molecule has 140 valence electrons. The van der Waals surface area contributed by atoms with Crippen LogP contribution in [0.25, 0.3) is 0 Å². The molecule has 9 heteroatoms. The monoisotopic (exact) mass is 394 g/mol. The quantitative estimate of drug-likeness (QED) is 0.488. The Bertz CT molecular complexity index is 952. The summed E-state index contributed by atoms with van der Waals surface area (Å²) in [7, 11) is 0. The number of halogens is 4. The summed E-state index contributed by atoms with van der Waals surface area (Å²) < 4.78 is 53.4. The lowest BCUT2D eigenvalue weighted by atomic mass is 10.2. The van der Waals surface area contributed by atoms with Crippen molar-refractivity contribution in [3.8, 4) is 0 Å². The minimum absolute atomic E-state index is 0.0884. The molecular formula is C18H14F4N4S. The van der Waals surface area contributed by atoms with Crippen LogP contribution in [0.15, 0.2) is 60.8 Å². The van der Waals surface area contributed by atoms with Crippen LogP contribution in [-0.2, 0) is 12.7 Å². The average molecular weight is 394 g/mol. The van der Waals surface area contributed by atoms with Crippen LogP contribution >= 0.6 is 12.2 Å². The summed E-state index contributed by atoms with van der Waals surface area (Å²) in [5.74, 6) is 0.0556. The lowest BCUT2D eigenvalue weighted by molar-refractivity contribution is -0.137. The molecule has 0 spiro atoms. The van der Waals surface area contributed by atoms with Gasteiger partial charge in [-0.2, -0.15) is 18.3 Å². The molecule has 3 aromatic rings. The summed E-state index contributed by atoms with van der Waals surface area (Å²) in [5.41, 5.74) is -0.0885. The molecule has 27 heavy (non-hydrogen) atoms.